The maximum Gasteiger partial charge on any atom is 0.166 e. The van der Waals surface area contributed by atoms with Gasteiger partial charge >= 0.3 is 0 Å². The smallest absolute Gasteiger partial charge is 0.166 e. The Kier molecular flexibility index (Phi) is 4.21. The highest BCUT2D eigenvalue weighted by molar-refractivity contribution is 5.52. The summed E-state index contributed by atoms with van der Waals surface area (Å²) in [6.45, 7) is 2.80. The Hall–Kier alpha value is -2.71. The summed E-state index contributed by atoms with van der Waals surface area (Å²) in [5, 5.41) is 16.8. The largest absolute Gasteiger partial charge is 0.634 e. The molecule has 3 heterocycles. The van der Waals surface area contributed by atoms with Crippen LogP contribution in [0, 0.1) is 11.0 Å². The topological polar surface area (TPSA) is 70.2 Å². The van der Waals surface area contributed by atoms with Gasteiger partial charge in [-0.2, -0.15) is 5.10 Å². The van der Waals surface area contributed by atoms with Gasteiger partial charge in [-0.1, -0.05) is 0 Å². The average Bonchev–Trinajstić information content (AvgIpc) is 2.98. The van der Waals surface area contributed by atoms with Crippen LogP contribution in [0.15, 0.2) is 36.7 Å². The van der Waals surface area contributed by atoms with Crippen molar-refractivity contribution >= 4 is 11.5 Å². The zero-order valence-electron chi connectivity index (χ0n) is 14.6. The van der Waals surface area contributed by atoms with Crippen LogP contribution < -0.4 is 14.7 Å². The number of nitrogens with zero attached hydrogens (tertiary/aromatic N) is 4. The van der Waals surface area contributed by atoms with Crippen molar-refractivity contribution in [2.45, 2.75) is 26.1 Å². The van der Waals surface area contributed by atoms with Crippen molar-refractivity contribution in [1.82, 2.24) is 14.6 Å². The summed E-state index contributed by atoms with van der Waals surface area (Å²) in [7, 11) is 1.89. The number of hydrogen-bond acceptors (Lipinski definition) is 5. The molecule has 1 aromatic carbocycles. The monoisotopic (exact) mass is 357 g/mol. The average molecular weight is 357 g/mol. The number of fused-ring (bicyclic) bond motifs is 2. The first-order valence-electron chi connectivity index (χ1n) is 8.51. The summed E-state index contributed by atoms with van der Waals surface area (Å²) in [4.78, 5) is 6.57. The number of nitrogens with one attached hydrogen (secondary N) is 1. The Bertz CT molecular complexity index is 944. The summed E-state index contributed by atoms with van der Waals surface area (Å²) in [5.41, 5.74) is 2.16. The Morgan fingerprint density at radius 1 is 1.31 bits per heavy atom. The molecule has 1 N–H and O–H groups in total. The van der Waals surface area contributed by atoms with Crippen molar-refractivity contribution in [2.24, 2.45) is 0 Å². The Morgan fingerprint density at radius 2 is 2.15 bits per heavy atom. The fraction of sp³-hybridized carbons (Fsp3) is 0.333. The maximum atomic E-state index is 13.8. The van der Waals surface area contributed by atoms with E-state index in [1.807, 2.05) is 31.1 Å². The second-order valence-electron chi connectivity index (χ2n) is 6.68. The second kappa shape index (κ2) is 6.54. The molecule has 7 nitrogen and oxygen atoms in total. The third kappa shape index (κ3) is 3.21. The van der Waals surface area contributed by atoms with Crippen molar-refractivity contribution in [3.63, 3.8) is 0 Å². The number of hydrogen-bond donors (Lipinski definition) is 1. The first-order valence-corrected chi connectivity index (χ1v) is 8.51. The lowest BCUT2D eigenvalue weighted by molar-refractivity contribution is -0.865. The predicted molar refractivity (Wildman–Crippen MR) is 94.5 cm³/mol. The molecule has 136 valence electrons. The lowest BCUT2D eigenvalue weighted by Crippen LogP contribution is -3.07. The Balaban J connectivity index is 1.80. The van der Waals surface area contributed by atoms with Gasteiger partial charge in [-0.3, -0.25) is 0 Å². The first kappa shape index (κ1) is 16.7. The maximum absolute atomic E-state index is 13.8. The molecule has 8 heteroatoms. The molecule has 0 spiro atoms. The summed E-state index contributed by atoms with van der Waals surface area (Å²) in [5.74, 6) is 0.978. The minimum absolute atomic E-state index is 0.0517. The fourth-order valence-electron chi connectivity index (χ4n) is 3.23. The van der Waals surface area contributed by atoms with E-state index in [1.54, 1.807) is 16.8 Å². The summed E-state index contributed by atoms with van der Waals surface area (Å²) in [6, 6.07) is 6.29. The molecule has 1 aliphatic heterocycles. The van der Waals surface area contributed by atoms with Gasteiger partial charge in [-0.15, -0.1) is 0 Å². The van der Waals surface area contributed by atoms with Crippen LogP contribution in [0.1, 0.15) is 18.1 Å². The van der Waals surface area contributed by atoms with E-state index >= 15 is 0 Å². The van der Waals surface area contributed by atoms with Crippen molar-refractivity contribution in [3.05, 3.63) is 58.8 Å². The van der Waals surface area contributed by atoms with Gasteiger partial charge < -0.3 is 19.9 Å². The quantitative estimate of drug-likeness (QED) is 0.612. The predicted octanol–water partition coefficient (Wildman–Crippen LogP) is 1.17. The molecule has 2 aromatic heterocycles. The van der Waals surface area contributed by atoms with Crippen molar-refractivity contribution < 1.29 is 14.2 Å². The molecule has 0 saturated heterocycles. The highest BCUT2D eigenvalue weighted by Crippen LogP contribution is 2.24. The Morgan fingerprint density at radius 3 is 3.00 bits per heavy atom. The third-order valence-corrected chi connectivity index (χ3v) is 4.48. The van der Waals surface area contributed by atoms with Gasteiger partial charge in [0.15, 0.2) is 5.65 Å². The molecular weight excluding hydrogens is 337 g/mol. The van der Waals surface area contributed by atoms with E-state index in [-0.39, 0.29) is 30.1 Å². The molecule has 1 aliphatic rings. The SMILES string of the molecule is C[C@@H]1C[NH+]([O-])Cc2cnn3ccc(nc23)N(C)Cc2cc(F)ccc2O1. The molecule has 0 amide bonds. The van der Waals surface area contributed by atoms with E-state index in [9.17, 15) is 9.60 Å². The van der Waals surface area contributed by atoms with Gasteiger partial charge in [0.2, 0.25) is 0 Å². The van der Waals surface area contributed by atoms with E-state index in [0.29, 0.717) is 29.3 Å². The number of ether oxygens (including phenoxy) is 1. The highest BCUT2D eigenvalue weighted by Gasteiger charge is 2.18. The lowest BCUT2D eigenvalue weighted by Gasteiger charge is -2.26. The van der Waals surface area contributed by atoms with Gasteiger partial charge in [-0.25, -0.2) is 13.9 Å². The van der Waals surface area contributed by atoms with Crippen LogP contribution >= 0.6 is 0 Å². The molecule has 0 aliphatic carbocycles. The van der Waals surface area contributed by atoms with Gasteiger partial charge in [0.25, 0.3) is 0 Å². The molecule has 3 aromatic rings. The van der Waals surface area contributed by atoms with Gasteiger partial charge in [-0.05, 0) is 31.2 Å². The Labute approximate surface area is 150 Å². The molecule has 0 saturated carbocycles. The third-order valence-electron chi connectivity index (χ3n) is 4.48. The minimum Gasteiger partial charge on any atom is -0.634 e. The van der Waals surface area contributed by atoms with Crippen molar-refractivity contribution in [2.75, 3.05) is 18.5 Å². The molecule has 2 bridgehead atoms. The molecule has 1 unspecified atom stereocenters. The summed E-state index contributed by atoms with van der Waals surface area (Å²) >= 11 is 0. The minimum atomic E-state index is -0.324. The van der Waals surface area contributed by atoms with Crippen LogP contribution in [0.2, 0.25) is 0 Å². The van der Waals surface area contributed by atoms with E-state index in [1.165, 1.54) is 12.1 Å². The normalized spacial score (nSPS) is 20.8. The second-order valence-corrected chi connectivity index (χ2v) is 6.68. The molecule has 4 rings (SSSR count). The molecule has 2 atom stereocenters. The number of rotatable bonds is 0. The number of anilines is 1. The van der Waals surface area contributed by atoms with E-state index < -0.39 is 0 Å². The lowest BCUT2D eigenvalue weighted by atomic mass is 10.1. The van der Waals surface area contributed by atoms with Crippen LogP contribution in [-0.4, -0.2) is 34.3 Å². The summed E-state index contributed by atoms with van der Waals surface area (Å²) in [6.07, 6.45) is 3.19. The van der Waals surface area contributed by atoms with Crippen molar-refractivity contribution in [3.8, 4) is 5.75 Å². The van der Waals surface area contributed by atoms with Crippen molar-refractivity contribution in [1.29, 1.82) is 0 Å². The number of hydroxylamine groups is 2. The first-order chi connectivity index (χ1) is 12.5. The van der Waals surface area contributed by atoms with E-state index in [4.69, 9.17) is 4.74 Å². The zero-order valence-corrected chi connectivity index (χ0v) is 14.6. The van der Waals surface area contributed by atoms with E-state index in [2.05, 4.69) is 10.1 Å². The van der Waals surface area contributed by atoms with E-state index in [0.717, 1.165) is 5.56 Å². The van der Waals surface area contributed by atoms with Crippen LogP contribution in [0.25, 0.3) is 5.65 Å². The molecular formula is C18H20FN5O2. The fourth-order valence-corrected chi connectivity index (χ4v) is 3.23. The molecule has 0 fully saturated rings. The van der Waals surface area contributed by atoms with Crippen LogP contribution in [0.5, 0.6) is 5.75 Å². The number of quaternary nitrogens is 1. The van der Waals surface area contributed by atoms with Crippen LogP contribution in [0.4, 0.5) is 10.2 Å². The highest BCUT2D eigenvalue weighted by atomic mass is 19.1. The summed E-state index contributed by atoms with van der Waals surface area (Å²) < 4.78 is 21.4. The molecule has 26 heavy (non-hydrogen) atoms. The number of aromatic nitrogens is 3. The van der Waals surface area contributed by atoms with Gasteiger partial charge in [0, 0.05) is 25.4 Å². The number of benzene rings is 1. The van der Waals surface area contributed by atoms with Crippen LogP contribution in [0.3, 0.4) is 0 Å². The zero-order chi connectivity index (χ0) is 18.3. The molecule has 0 radical (unpaired) electrons. The standard InChI is InChI=1S/C18H20FN5O2/c1-12-9-23(25)11-14-8-20-24-6-5-17(21-18(14)24)22(2)10-13-7-15(19)3-4-16(13)26-12/h3-8,12,23H,9-11H2,1-2H3/t12-/m1/s1. The number of halogens is 1. The van der Waals surface area contributed by atoms with Gasteiger partial charge in [0.05, 0.1) is 11.8 Å². The van der Waals surface area contributed by atoms with Crippen LogP contribution in [-0.2, 0) is 13.1 Å². The van der Waals surface area contributed by atoms with Gasteiger partial charge in [0.1, 0.15) is 36.6 Å².